The number of imidazole rings is 1. The highest BCUT2D eigenvalue weighted by molar-refractivity contribution is 5.58. The lowest BCUT2D eigenvalue weighted by Crippen LogP contribution is -2.01. The monoisotopic (exact) mass is 357 g/mol. The molecule has 6 heteroatoms. The van der Waals surface area contributed by atoms with Gasteiger partial charge in [0.1, 0.15) is 18.1 Å². The van der Waals surface area contributed by atoms with Crippen molar-refractivity contribution < 1.29 is 4.74 Å². The molecule has 0 aliphatic rings. The van der Waals surface area contributed by atoms with E-state index in [1.165, 1.54) is 0 Å². The van der Waals surface area contributed by atoms with E-state index in [9.17, 15) is 0 Å². The highest BCUT2D eigenvalue weighted by atomic mass is 16.5. The summed E-state index contributed by atoms with van der Waals surface area (Å²) in [5.74, 6) is 2.08. The van der Waals surface area contributed by atoms with E-state index in [0.29, 0.717) is 12.6 Å². The Balaban J connectivity index is 1.48. The number of hydrogen-bond acceptors (Lipinski definition) is 5. The fourth-order valence-corrected chi connectivity index (χ4v) is 2.69. The number of aryl methyl sites for hydroxylation is 1. The Kier molecular flexibility index (Phi) is 4.78. The maximum Gasteiger partial charge on any atom is 0.227 e. The Bertz CT molecular complexity index is 1030. The van der Waals surface area contributed by atoms with Crippen LogP contribution in [0.1, 0.15) is 5.56 Å². The first kappa shape index (κ1) is 16.8. The Morgan fingerprint density at radius 1 is 0.963 bits per heavy atom. The summed E-state index contributed by atoms with van der Waals surface area (Å²) in [6.45, 7) is 0.523. The lowest BCUT2D eigenvalue weighted by Gasteiger charge is -2.10. The minimum Gasteiger partial charge on any atom is -0.489 e. The molecule has 0 aliphatic carbocycles. The Morgan fingerprint density at radius 3 is 2.67 bits per heavy atom. The summed E-state index contributed by atoms with van der Waals surface area (Å²) in [6.07, 6.45) is 5.35. The second-order valence-corrected chi connectivity index (χ2v) is 6.05. The number of aromatic nitrogens is 4. The van der Waals surface area contributed by atoms with Crippen molar-refractivity contribution in [3.05, 3.63) is 84.8 Å². The minimum atomic E-state index is 0.510. The first-order valence-corrected chi connectivity index (χ1v) is 8.62. The van der Waals surface area contributed by atoms with Crippen molar-refractivity contribution in [1.29, 1.82) is 0 Å². The summed E-state index contributed by atoms with van der Waals surface area (Å²) in [5, 5.41) is 3.23. The van der Waals surface area contributed by atoms with E-state index in [4.69, 9.17) is 4.74 Å². The molecule has 0 bridgehead atoms. The summed E-state index contributed by atoms with van der Waals surface area (Å²) >= 11 is 0. The molecule has 27 heavy (non-hydrogen) atoms. The van der Waals surface area contributed by atoms with E-state index in [1.807, 2.05) is 78.5 Å². The molecule has 4 rings (SSSR count). The molecule has 6 nitrogen and oxygen atoms in total. The van der Waals surface area contributed by atoms with Crippen LogP contribution in [0, 0.1) is 0 Å². The molecule has 1 N–H and O–H groups in total. The van der Waals surface area contributed by atoms with Gasteiger partial charge in [0, 0.05) is 37.4 Å². The third-order valence-corrected chi connectivity index (χ3v) is 4.04. The van der Waals surface area contributed by atoms with Crippen LogP contribution in [-0.4, -0.2) is 19.5 Å². The maximum absolute atomic E-state index is 5.87. The second kappa shape index (κ2) is 7.70. The van der Waals surface area contributed by atoms with Crippen LogP contribution in [0.2, 0.25) is 0 Å². The van der Waals surface area contributed by atoms with Gasteiger partial charge in [-0.25, -0.2) is 15.0 Å². The standard InChI is InChI=1S/C21H19N5O/c1-26-13-12-22-20(26)19-10-11-23-21(25-19)24-17-8-5-9-18(14-17)27-15-16-6-3-2-4-7-16/h2-14H,15H2,1H3,(H,23,24,25). The van der Waals surface area contributed by atoms with E-state index < -0.39 is 0 Å². The van der Waals surface area contributed by atoms with Crippen LogP contribution in [0.25, 0.3) is 11.5 Å². The average molecular weight is 357 g/mol. The SMILES string of the molecule is Cn1ccnc1-c1ccnc(Nc2cccc(OCc3ccccc3)c2)n1. The van der Waals surface area contributed by atoms with Gasteiger partial charge >= 0.3 is 0 Å². The highest BCUT2D eigenvalue weighted by Gasteiger charge is 2.07. The van der Waals surface area contributed by atoms with Gasteiger partial charge in [0.2, 0.25) is 5.95 Å². The smallest absolute Gasteiger partial charge is 0.227 e. The fourth-order valence-electron chi connectivity index (χ4n) is 2.69. The van der Waals surface area contributed by atoms with Gasteiger partial charge in [0.05, 0.1) is 0 Å². The van der Waals surface area contributed by atoms with Crippen molar-refractivity contribution in [2.24, 2.45) is 7.05 Å². The van der Waals surface area contributed by atoms with Gasteiger partial charge in [-0.15, -0.1) is 0 Å². The molecular weight excluding hydrogens is 338 g/mol. The normalized spacial score (nSPS) is 10.6. The molecule has 0 amide bonds. The van der Waals surface area contributed by atoms with Crippen LogP contribution < -0.4 is 10.1 Å². The first-order chi connectivity index (χ1) is 13.3. The summed E-state index contributed by atoms with van der Waals surface area (Å²) < 4.78 is 7.80. The molecule has 0 fully saturated rings. The van der Waals surface area contributed by atoms with Crippen LogP contribution in [0.5, 0.6) is 5.75 Å². The fraction of sp³-hybridized carbons (Fsp3) is 0.0952. The molecule has 0 unspecified atom stereocenters. The summed E-state index contributed by atoms with van der Waals surface area (Å²) in [5.41, 5.74) is 2.75. The van der Waals surface area contributed by atoms with Crippen molar-refractivity contribution in [2.75, 3.05) is 5.32 Å². The molecule has 0 radical (unpaired) electrons. The zero-order valence-electron chi connectivity index (χ0n) is 14.9. The lowest BCUT2D eigenvalue weighted by atomic mass is 10.2. The average Bonchev–Trinajstić information content (AvgIpc) is 3.14. The van der Waals surface area contributed by atoms with E-state index in [2.05, 4.69) is 20.3 Å². The molecule has 0 saturated heterocycles. The number of rotatable bonds is 6. The zero-order chi connectivity index (χ0) is 18.5. The van der Waals surface area contributed by atoms with Crippen LogP contribution in [0.4, 0.5) is 11.6 Å². The zero-order valence-corrected chi connectivity index (χ0v) is 14.9. The topological polar surface area (TPSA) is 64.9 Å². The molecule has 2 aromatic heterocycles. The summed E-state index contributed by atoms with van der Waals surface area (Å²) in [4.78, 5) is 13.2. The van der Waals surface area contributed by atoms with Crippen LogP contribution in [0.3, 0.4) is 0 Å². The van der Waals surface area contributed by atoms with Crippen molar-refractivity contribution in [2.45, 2.75) is 6.61 Å². The largest absolute Gasteiger partial charge is 0.489 e. The Morgan fingerprint density at radius 2 is 1.85 bits per heavy atom. The molecule has 4 aromatic rings. The highest BCUT2D eigenvalue weighted by Crippen LogP contribution is 2.22. The van der Waals surface area contributed by atoms with Crippen molar-refractivity contribution in [3.8, 4) is 17.3 Å². The number of ether oxygens (including phenoxy) is 1. The van der Waals surface area contributed by atoms with Crippen molar-refractivity contribution in [1.82, 2.24) is 19.5 Å². The van der Waals surface area contributed by atoms with Gasteiger partial charge in [0.25, 0.3) is 0 Å². The van der Waals surface area contributed by atoms with Gasteiger partial charge in [-0.3, -0.25) is 0 Å². The van der Waals surface area contributed by atoms with Gasteiger partial charge in [0.15, 0.2) is 5.82 Å². The van der Waals surface area contributed by atoms with E-state index in [1.54, 1.807) is 12.4 Å². The van der Waals surface area contributed by atoms with E-state index in [-0.39, 0.29) is 0 Å². The molecule has 2 heterocycles. The van der Waals surface area contributed by atoms with Crippen LogP contribution in [-0.2, 0) is 13.7 Å². The Labute approximate surface area is 157 Å². The minimum absolute atomic E-state index is 0.510. The lowest BCUT2D eigenvalue weighted by molar-refractivity contribution is 0.306. The number of hydrogen-bond donors (Lipinski definition) is 1. The van der Waals surface area contributed by atoms with Crippen molar-refractivity contribution in [3.63, 3.8) is 0 Å². The first-order valence-electron chi connectivity index (χ1n) is 8.62. The summed E-state index contributed by atoms with van der Waals surface area (Å²) in [6, 6.07) is 19.7. The molecule has 2 aromatic carbocycles. The number of nitrogens with one attached hydrogen (secondary N) is 1. The van der Waals surface area contributed by atoms with Gasteiger partial charge in [-0.1, -0.05) is 36.4 Å². The third-order valence-electron chi connectivity index (χ3n) is 4.04. The van der Waals surface area contributed by atoms with Gasteiger partial charge < -0.3 is 14.6 Å². The molecule has 134 valence electrons. The molecule has 0 atom stereocenters. The summed E-state index contributed by atoms with van der Waals surface area (Å²) in [7, 11) is 1.94. The number of anilines is 2. The van der Waals surface area contributed by atoms with Gasteiger partial charge in [-0.05, 0) is 23.8 Å². The quantitative estimate of drug-likeness (QED) is 0.560. The number of nitrogens with zero attached hydrogens (tertiary/aromatic N) is 4. The van der Waals surface area contributed by atoms with E-state index in [0.717, 1.165) is 28.5 Å². The second-order valence-electron chi connectivity index (χ2n) is 6.05. The van der Waals surface area contributed by atoms with Gasteiger partial charge in [-0.2, -0.15) is 0 Å². The predicted molar refractivity (Wildman–Crippen MR) is 105 cm³/mol. The third kappa shape index (κ3) is 4.12. The molecule has 0 saturated carbocycles. The maximum atomic E-state index is 5.87. The molecule has 0 aliphatic heterocycles. The number of benzene rings is 2. The molecule has 0 spiro atoms. The molecular formula is C21H19N5O. The predicted octanol–water partition coefficient (Wildman–Crippen LogP) is 4.20. The van der Waals surface area contributed by atoms with E-state index >= 15 is 0 Å². The van der Waals surface area contributed by atoms with Crippen LogP contribution in [0.15, 0.2) is 79.3 Å². The van der Waals surface area contributed by atoms with Crippen molar-refractivity contribution >= 4 is 11.6 Å². The Hall–Kier alpha value is -3.67. The van der Waals surface area contributed by atoms with Crippen LogP contribution >= 0.6 is 0 Å².